The van der Waals surface area contributed by atoms with E-state index in [0.717, 1.165) is 18.4 Å². The number of nitriles is 1. The van der Waals surface area contributed by atoms with Crippen molar-refractivity contribution in [1.82, 2.24) is 29.9 Å². The van der Waals surface area contributed by atoms with Gasteiger partial charge in [-0.1, -0.05) is 17.7 Å². The van der Waals surface area contributed by atoms with Crippen LogP contribution in [0.2, 0.25) is 5.02 Å². The maximum Gasteiger partial charge on any atom is 0.293 e. The maximum absolute atomic E-state index is 15.5. The number of carbonyl (C=O) groups is 1. The molecule has 0 saturated heterocycles. The van der Waals surface area contributed by atoms with Crippen LogP contribution in [0.15, 0.2) is 42.6 Å². The molecule has 0 unspecified atom stereocenters. The molecule has 276 valence electrons. The standard InChI is InChI=1S/C34H27ClF6N8O3S/c1-48-30-19(4-6-23(35)27(30)33(46-48)47-53(2,51)52)21-9-16(12-42)13-43-28(21)24(10-15-7-17(36)11-18(37)8-15)44-25(50)14-49-31-26(29(45-49)32(38)39)20-3-5-22(20)34(31,40)41/h4,6-9,11,13,20,22,24,32H,3,5,10,14H2,1-2H3,(H,44,50)(H,46,47)/t20-,22+,24-/m0/s1. The molecule has 7 rings (SSSR count). The zero-order chi connectivity index (χ0) is 38.1. The van der Waals surface area contributed by atoms with Gasteiger partial charge in [0.2, 0.25) is 15.9 Å². The van der Waals surface area contributed by atoms with Crippen LogP contribution in [-0.4, -0.2) is 45.1 Å². The first-order chi connectivity index (χ1) is 25.0. The van der Waals surface area contributed by atoms with E-state index >= 15 is 8.78 Å². The fourth-order valence-corrected chi connectivity index (χ4v) is 8.11. The number of rotatable bonds is 10. The number of pyridine rings is 1. The number of anilines is 1. The molecule has 5 aromatic rings. The number of halogens is 7. The third-order valence-corrected chi connectivity index (χ3v) is 10.4. The molecule has 2 aliphatic rings. The third kappa shape index (κ3) is 6.45. The Labute approximate surface area is 302 Å². The summed E-state index contributed by atoms with van der Waals surface area (Å²) in [4.78, 5) is 18.2. The number of nitrogens with zero attached hydrogens (tertiary/aromatic N) is 6. The van der Waals surface area contributed by atoms with Crippen molar-refractivity contribution in [1.29, 1.82) is 5.26 Å². The van der Waals surface area contributed by atoms with Gasteiger partial charge in [0.1, 0.15) is 35.6 Å². The van der Waals surface area contributed by atoms with E-state index in [1.165, 1.54) is 36.1 Å². The molecule has 3 aromatic heterocycles. The Bertz CT molecular complexity index is 2460. The summed E-state index contributed by atoms with van der Waals surface area (Å²) in [6, 6.07) is 7.76. The van der Waals surface area contributed by atoms with Crippen molar-refractivity contribution in [2.24, 2.45) is 13.0 Å². The van der Waals surface area contributed by atoms with E-state index < -0.39 is 75.7 Å². The van der Waals surface area contributed by atoms with Crippen LogP contribution in [0.3, 0.4) is 0 Å². The summed E-state index contributed by atoms with van der Waals surface area (Å²) < 4.78 is 116. The van der Waals surface area contributed by atoms with Gasteiger partial charge in [0.05, 0.1) is 39.5 Å². The lowest BCUT2D eigenvalue weighted by molar-refractivity contribution is -0.123. The number of aromatic nitrogens is 5. The highest BCUT2D eigenvalue weighted by Crippen LogP contribution is 2.63. The molecule has 19 heteroatoms. The van der Waals surface area contributed by atoms with E-state index in [9.17, 15) is 36.0 Å². The summed E-state index contributed by atoms with van der Waals surface area (Å²) in [5.74, 6) is -8.43. The molecular weight excluding hydrogens is 750 g/mol. The molecule has 3 heterocycles. The number of hydrogen-bond acceptors (Lipinski definition) is 7. The number of sulfonamides is 1. The van der Waals surface area contributed by atoms with Gasteiger partial charge in [0.15, 0.2) is 5.82 Å². The molecule has 0 radical (unpaired) electrons. The molecule has 2 aromatic carbocycles. The molecule has 53 heavy (non-hydrogen) atoms. The molecule has 0 spiro atoms. The minimum absolute atomic E-state index is 0.0341. The van der Waals surface area contributed by atoms with Crippen molar-refractivity contribution in [3.63, 3.8) is 0 Å². The van der Waals surface area contributed by atoms with Gasteiger partial charge in [0, 0.05) is 41.9 Å². The minimum Gasteiger partial charge on any atom is -0.346 e. The summed E-state index contributed by atoms with van der Waals surface area (Å²) in [6.45, 7) is -0.906. The lowest BCUT2D eigenvalue weighted by Crippen LogP contribution is -2.36. The Balaban J connectivity index is 1.35. The minimum atomic E-state index is -3.82. The molecule has 2 N–H and O–H groups in total. The normalized spacial score (nSPS) is 18.0. The molecule has 1 amide bonds. The average molecular weight is 777 g/mol. The van der Waals surface area contributed by atoms with Crippen LogP contribution < -0.4 is 10.0 Å². The quantitative estimate of drug-likeness (QED) is 0.151. The van der Waals surface area contributed by atoms with Crippen molar-refractivity contribution >= 4 is 44.3 Å². The Hall–Kier alpha value is -5.15. The van der Waals surface area contributed by atoms with E-state index in [4.69, 9.17) is 11.6 Å². The van der Waals surface area contributed by atoms with Gasteiger partial charge in [-0.05, 0) is 55.0 Å². The molecule has 1 fully saturated rings. The summed E-state index contributed by atoms with van der Waals surface area (Å²) in [6.07, 6.45) is -0.978. The highest BCUT2D eigenvalue weighted by atomic mass is 35.5. The molecule has 11 nitrogen and oxygen atoms in total. The molecule has 0 bridgehead atoms. The summed E-state index contributed by atoms with van der Waals surface area (Å²) >= 11 is 6.52. The number of hydrogen-bond donors (Lipinski definition) is 2. The van der Waals surface area contributed by atoms with Gasteiger partial charge in [-0.25, -0.2) is 26.0 Å². The number of benzene rings is 2. The van der Waals surface area contributed by atoms with Crippen molar-refractivity contribution in [3.05, 3.63) is 93.0 Å². The fourth-order valence-electron chi connectivity index (χ4n) is 7.37. The lowest BCUT2D eigenvalue weighted by atomic mass is 9.73. The van der Waals surface area contributed by atoms with E-state index in [0.29, 0.717) is 16.3 Å². The second kappa shape index (κ2) is 13.1. The number of carbonyl (C=O) groups excluding carboxylic acids is 1. The number of nitrogens with one attached hydrogen (secondary N) is 2. The fraction of sp³-hybridized carbons (Fsp3) is 0.324. The smallest absolute Gasteiger partial charge is 0.293 e. The Kier molecular flexibility index (Phi) is 8.92. The van der Waals surface area contributed by atoms with Crippen molar-refractivity contribution in [2.45, 2.75) is 50.1 Å². The van der Waals surface area contributed by atoms with Crippen molar-refractivity contribution < 1.29 is 39.6 Å². The first-order valence-corrected chi connectivity index (χ1v) is 18.3. The first-order valence-electron chi connectivity index (χ1n) is 16.0. The summed E-state index contributed by atoms with van der Waals surface area (Å²) in [5, 5.41) is 20.8. The molecule has 3 atom stereocenters. The zero-order valence-corrected chi connectivity index (χ0v) is 29.2. The Morgan fingerprint density at radius 3 is 2.43 bits per heavy atom. The lowest BCUT2D eigenvalue weighted by Gasteiger charge is -2.34. The predicted octanol–water partition coefficient (Wildman–Crippen LogP) is 6.64. The van der Waals surface area contributed by atoms with Crippen LogP contribution in [0.1, 0.15) is 65.0 Å². The van der Waals surface area contributed by atoms with Gasteiger partial charge < -0.3 is 5.32 Å². The van der Waals surface area contributed by atoms with Gasteiger partial charge in [0.25, 0.3) is 12.3 Å². The molecule has 1 saturated carbocycles. The van der Waals surface area contributed by atoms with Crippen LogP contribution in [0.5, 0.6) is 0 Å². The van der Waals surface area contributed by atoms with E-state index in [1.54, 1.807) is 0 Å². The highest BCUT2D eigenvalue weighted by Gasteiger charge is 2.62. The molecular formula is C34H27ClF6N8O3S. The van der Waals surface area contributed by atoms with E-state index in [1.807, 2.05) is 6.07 Å². The number of alkyl halides is 4. The predicted molar refractivity (Wildman–Crippen MR) is 180 cm³/mol. The summed E-state index contributed by atoms with van der Waals surface area (Å²) in [5.41, 5.74) is -0.909. The van der Waals surface area contributed by atoms with Crippen LogP contribution >= 0.6 is 11.6 Å². The van der Waals surface area contributed by atoms with Crippen LogP contribution in [-0.2, 0) is 40.8 Å². The summed E-state index contributed by atoms with van der Waals surface area (Å²) in [7, 11) is -2.32. The van der Waals surface area contributed by atoms with Gasteiger partial charge in [-0.2, -0.15) is 24.2 Å². The van der Waals surface area contributed by atoms with Gasteiger partial charge in [-0.15, -0.1) is 0 Å². The number of fused-ring (bicyclic) bond motifs is 4. The van der Waals surface area contributed by atoms with Crippen LogP contribution in [0.25, 0.3) is 22.0 Å². The monoisotopic (exact) mass is 776 g/mol. The van der Waals surface area contributed by atoms with E-state index in [2.05, 4.69) is 25.2 Å². The van der Waals surface area contributed by atoms with E-state index in [-0.39, 0.29) is 69.0 Å². The van der Waals surface area contributed by atoms with Crippen molar-refractivity contribution in [3.8, 4) is 17.2 Å². The number of aryl methyl sites for hydroxylation is 1. The SMILES string of the molecule is Cn1nc(NS(C)(=O)=O)c2c(Cl)ccc(-c3cc(C#N)cnc3[C@H](Cc3cc(F)cc(F)c3)NC(=O)Cn3nc(C(F)F)c4c3C(F)(F)[C@@H]3CC[C@H]43)c21. The number of amides is 1. The first kappa shape index (κ1) is 36.2. The zero-order valence-electron chi connectivity index (χ0n) is 27.6. The Morgan fingerprint density at radius 1 is 1.09 bits per heavy atom. The maximum atomic E-state index is 15.5. The molecule has 2 aliphatic carbocycles. The van der Waals surface area contributed by atoms with Crippen molar-refractivity contribution in [2.75, 3.05) is 11.0 Å². The van der Waals surface area contributed by atoms with Gasteiger partial charge in [-0.3, -0.25) is 23.9 Å². The third-order valence-electron chi connectivity index (χ3n) is 9.53. The largest absolute Gasteiger partial charge is 0.346 e. The second-order valence-corrected chi connectivity index (χ2v) is 15.2. The Morgan fingerprint density at radius 2 is 1.81 bits per heavy atom. The van der Waals surface area contributed by atoms with Crippen LogP contribution in [0, 0.1) is 28.9 Å². The van der Waals surface area contributed by atoms with Gasteiger partial charge >= 0.3 is 0 Å². The average Bonchev–Trinajstić information content (AvgIpc) is 3.61. The second-order valence-electron chi connectivity index (χ2n) is 13.1. The highest BCUT2D eigenvalue weighted by molar-refractivity contribution is 7.92. The topological polar surface area (TPSA) is 148 Å². The van der Waals surface area contributed by atoms with Crippen LogP contribution in [0.4, 0.5) is 32.2 Å². The molecule has 0 aliphatic heterocycles.